The largest absolute Gasteiger partial charge is 0.444 e. The molecule has 4 nitrogen and oxygen atoms in total. The first-order chi connectivity index (χ1) is 11.2. The summed E-state index contributed by atoms with van der Waals surface area (Å²) in [5.41, 5.74) is 0.534. The van der Waals surface area contributed by atoms with Crippen LogP contribution < -0.4 is 5.32 Å². The van der Waals surface area contributed by atoms with Crippen LogP contribution >= 0.6 is 34.5 Å². The van der Waals surface area contributed by atoms with Gasteiger partial charge in [0, 0.05) is 25.2 Å². The summed E-state index contributed by atoms with van der Waals surface area (Å²) in [5.74, 6) is 0. The molecule has 2 heterocycles. The Bertz CT molecular complexity index is 571. The SMILES string of the molecule is CC(NCC1CCCCN1C(=O)OC(C)(C)C)c1cc(Cl)sc1Cl. The summed E-state index contributed by atoms with van der Waals surface area (Å²) >= 11 is 13.6. The maximum Gasteiger partial charge on any atom is 0.410 e. The molecule has 1 aromatic rings. The van der Waals surface area contributed by atoms with Crippen LogP contribution in [0.5, 0.6) is 0 Å². The molecule has 1 fully saturated rings. The number of nitrogens with one attached hydrogen (secondary N) is 1. The van der Waals surface area contributed by atoms with Gasteiger partial charge < -0.3 is 15.0 Å². The Morgan fingerprint density at radius 2 is 2.17 bits per heavy atom. The Hall–Kier alpha value is -0.490. The molecule has 0 saturated carbocycles. The van der Waals surface area contributed by atoms with Crippen molar-refractivity contribution in [2.75, 3.05) is 13.1 Å². The lowest BCUT2D eigenvalue weighted by atomic mass is 10.0. The normalized spacial score (nSPS) is 20.1. The number of rotatable bonds is 4. The van der Waals surface area contributed by atoms with Gasteiger partial charge in [-0.1, -0.05) is 23.2 Å². The molecule has 0 aromatic carbocycles. The van der Waals surface area contributed by atoms with Gasteiger partial charge in [0.05, 0.1) is 8.67 Å². The van der Waals surface area contributed by atoms with E-state index in [2.05, 4.69) is 12.2 Å². The number of likely N-dealkylation sites (tertiary alicyclic amines) is 1. The molecule has 1 saturated heterocycles. The minimum Gasteiger partial charge on any atom is -0.444 e. The molecule has 0 aliphatic carbocycles. The van der Waals surface area contributed by atoms with Gasteiger partial charge >= 0.3 is 6.09 Å². The van der Waals surface area contributed by atoms with E-state index in [1.54, 1.807) is 0 Å². The van der Waals surface area contributed by atoms with E-state index in [1.165, 1.54) is 11.3 Å². The highest BCUT2D eigenvalue weighted by Crippen LogP contribution is 2.35. The summed E-state index contributed by atoms with van der Waals surface area (Å²) in [6, 6.07) is 2.13. The Morgan fingerprint density at radius 3 is 2.75 bits per heavy atom. The third-order valence-corrected chi connectivity index (χ3v) is 5.58. The average Bonchev–Trinajstić information content (AvgIpc) is 2.82. The number of hydrogen-bond donors (Lipinski definition) is 1. The topological polar surface area (TPSA) is 41.6 Å². The maximum absolute atomic E-state index is 12.4. The molecule has 24 heavy (non-hydrogen) atoms. The van der Waals surface area contributed by atoms with Crippen LogP contribution in [0.15, 0.2) is 6.07 Å². The van der Waals surface area contributed by atoms with Crippen LogP contribution in [0.25, 0.3) is 0 Å². The van der Waals surface area contributed by atoms with Gasteiger partial charge in [-0.2, -0.15) is 0 Å². The smallest absolute Gasteiger partial charge is 0.410 e. The van der Waals surface area contributed by atoms with Gasteiger partial charge in [-0.15, -0.1) is 11.3 Å². The number of carbonyl (C=O) groups is 1. The van der Waals surface area contributed by atoms with E-state index in [4.69, 9.17) is 27.9 Å². The van der Waals surface area contributed by atoms with Crippen molar-refractivity contribution in [2.45, 2.75) is 64.6 Å². The lowest BCUT2D eigenvalue weighted by molar-refractivity contribution is 0.00970. The van der Waals surface area contributed by atoms with E-state index < -0.39 is 5.60 Å². The Balaban J connectivity index is 1.96. The molecule has 2 atom stereocenters. The summed E-state index contributed by atoms with van der Waals surface area (Å²) in [4.78, 5) is 14.3. The standard InChI is InChI=1S/C17H26Cl2N2O2S/c1-11(13-9-14(18)24-15(13)19)20-10-12-7-5-6-8-21(12)16(22)23-17(2,3)4/h9,11-12,20H,5-8,10H2,1-4H3. The molecule has 7 heteroatoms. The molecule has 0 spiro atoms. The van der Waals surface area contributed by atoms with Gasteiger partial charge in [0.1, 0.15) is 5.60 Å². The van der Waals surface area contributed by atoms with Crippen molar-refractivity contribution in [1.82, 2.24) is 10.2 Å². The number of hydrogen-bond acceptors (Lipinski definition) is 4. The second-order valence-electron chi connectivity index (χ2n) is 7.23. The van der Waals surface area contributed by atoms with E-state index in [0.717, 1.165) is 31.4 Å². The zero-order valence-corrected chi connectivity index (χ0v) is 17.0. The molecular weight excluding hydrogens is 367 g/mol. The lowest BCUT2D eigenvalue weighted by Gasteiger charge is -2.37. The molecule has 0 bridgehead atoms. The summed E-state index contributed by atoms with van der Waals surface area (Å²) < 4.78 is 6.95. The first-order valence-electron chi connectivity index (χ1n) is 8.35. The van der Waals surface area contributed by atoms with E-state index in [1.807, 2.05) is 31.7 Å². The molecule has 1 aliphatic heterocycles. The molecule has 1 N–H and O–H groups in total. The van der Waals surface area contributed by atoms with Crippen molar-refractivity contribution in [1.29, 1.82) is 0 Å². The average molecular weight is 393 g/mol. The van der Waals surface area contributed by atoms with Crippen LogP contribution in [0.4, 0.5) is 4.79 Å². The number of nitrogens with zero attached hydrogens (tertiary/aromatic N) is 1. The minimum absolute atomic E-state index is 0.0867. The second-order valence-corrected chi connectivity index (χ2v) is 9.52. The van der Waals surface area contributed by atoms with Gasteiger partial charge in [-0.25, -0.2) is 4.79 Å². The molecule has 2 unspecified atom stereocenters. The van der Waals surface area contributed by atoms with Gasteiger partial charge in [0.25, 0.3) is 0 Å². The van der Waals surface area contributed by atoms with Crippen LogP contribution in [-0.4, -0.2) is 35.7 Å². The molecule has 2 rings (SSSR count). The molecule has 136 valence electrons. The summed E-state index contributed by atoms with van der Waals surface area (Å²) in [7, 11) is 0. The van der Waals surface area contributed by atoms with Crippen molar-refractivity contribution in [3.8, 4) is 0 Å². The zero-order valence-electron chi connectivity index (χ0n) is 14.7. The highest BCUT2D eigenvalue weighted by Gasteiger charge is 2.30. The van der Waals surface area contributed by atoms with Crippen molar-refractivity contribution < 1.29 is 9.53 Å². The van der Waals surface area contributed by atoms with Gasteiger partial charge in [0.2, 0.25) is 0 Å². The Morgan fingerprint density at radius 1 is 1.46 bits per heavy atom. The summed E-state index contributed by atoms with van der Waals surface area (Å²) in [6.45, 7) is 9.21. The van der Waals surface area contributed by atoms with Crippen LogP contribution in [0.3, 0.4) is 0 Å². The van der Waals surface area contributed by atoms with Crippen molar-refractivity contribution in [2.24, 2.45) is 0 Å². The first kappa shape index (κ1) is 19.8. The van der Waals surface area contributed by atoms with Crippen molar-refractivity contribution in [3.05, 3.63) is 20.3 Å². The highest BCUT2D eigenvalue weighted by atomic mass is 35.5. The number of halogens is 2. The third kappa shape index (κ3) is 5.51. The van der Waals surface area contributed by atoms with Crippen molar-refractivity contribution >= 4 is 40.6 Å². The van der Waals surface area contributed by atoms with Crippen LogP contribution in [0, 0.1) is 0 Å². The van der Waals surface area contributed by atoms with Crippen LogP contribution in [-0.2, 0) is 4.74 Å². The van der Waals surface area contributed by atoms with E-state index in [-0.39, 0.29) is 18.2 Å². The maximum atomic E-state index is 12.4. The molecular formula is C17H26Cl2N2O2S. The fourth-order valence-electron chi connectivity index (χ4n) is 2.84. The predicted octanol–water partition coefficient (Wildman–Crippen LogP) is 5.50. The van der Waals surface area contributed by atoms with E-state index >= 15 is 0 Å². The van der Waals surface area contributed by atoms with Gasteiger partial charge in [-0.05, 0) is 58.6 Å². The third-order valence-electron chi connectivity index (χ3n) is 4.06. The van der Waals surface area contributed by atoms with Gasteiger partial charge in [-0.3, -0.25) is 0 Å². The number of piperidine rings is 1. The van der Waals surface area contributed by atoms with E-state index in [0.29, 0.717) is 15.2 Å². The van der Waals surface area contributed by atoms with E-state index in [9.17, 15) is 4.79 Å². The fraction of sp³-hybridized carbons (Fsp3) is 0.706. The second kappa shape index (κ2) is 8.26. The Labute approximate surface area is 158 Å². The molecule has 0 radical (unpaired) electrons. The van der Waals surface area contributed by atoms with Crippen LogP contribution in [0.2, 0.25) is 8.67 Å². The lowest BCUT2D eigenvalue weighted by Crippen LogP contribution is -2.50. The quantitative estimate of drug-likeness (QED) is 0.735. The number of ether oxygens (including phenoxy) is 1. The predicted molar refractivity (Wildman–Crippen MR) is 101 cm³/mol. The fourth-order valence-corrected chi connectivity index (χ4v) is 4.49. The first-order valence-corrected chi connectivity index (χ1v) is 9.92. The van der Waals surface area contributed by atoms with Crippen molar-refractivity contribution in [3.63, 3.8) is 0 Å². The monoisotopic (exact) mass is 392 g/mol. The Kier molecular flexibility index (Phi) is 6.82. The number of amides is 1. The highest BCUT2D eigenvalue weighted by molar-refractivity contribution is 7.20. The van der Waals surface area contributed by atoms with Gasteiger partial charge in [0.15, 0.2) is 0 Å². The molecule has 1 aliphatic rings. The number of thiophene rings is 1. The summed E-state index contributed by atoms with van der Waals surface area (Å²) in [6.07, 6.45) is 2.91. The zero-order chi connectivity index (χ0) is 17.9. The molecule has 1 amide bonds. The van der Waals surface area contributed by atoms with Crippen LogP contribution in [0.1, 0.15) is 58.6 Å². The summed E-state index contributed by atoms with van der Waals surface area (Å²) in [5, 5.41) is 3.48. The minimum atomic E-state index is -0.471. The number of carbonyl (C=O) groups excluding carboxylic acids is 1. The molecule has 1 aromatic heterocycles.